The van der Waals surface area contributed by atoms with Crippen LogP contribution in [0.5, 0.6) is 0 Å². The third-order valence-electron chi connectivity index (χ3n) is 6.41. The monoisotopic (exact) mass is 365 g/mol. The summed E-state index contributed by atoms with van der Waals surface area (Å²) in [5.41, 5.74) is 0.125. The van der Waals surface area contributed by atoms with E-state index in [0.29, 0.717) is 6.42 Å². The van der Waals surface area contributed by atoms with Gasteiger partial charge in [-0.3, -0.25) is 0 Å². The number of hydrogen-bond donors (Lipinski definition) is 0. The molecule has 5 heteroatoms. The molecule has 1 aliphatic carbocycles. The van der Waals surface area contributed by atoms with Gasteiger partial charge in [0, 0.05) is 7.11 Å². The van der Waals surface area contributed by atoms with Crippen LogP contribution >= 0.6 is 0 Å². The molecule has 25 heavy (non-hydrogen) atoms. The molecule has 0 saturated carbocycles. The van der Waals surface area contributed by atoms with E-state index in [4.69, 9.17) is 13.9 Å². The summed E-state index contributed by atoms with van der Waals surface area (Å²) in [6, 6.07) is 2.60. The Kier molecular flexibility index (Phi) is 5.11. The lowest BCUT2D eigenvalue weighted by molar-refractivity contribution is -0.274. The van der Waals surface area contributed by atoms with Crippen molar-refractivity contribution in [3.63, 3.8) is 0 Å². The zero-order chi connectivity index (χ0) is 19.3. The van der Waals surface area contributed by atoms with Gasteiger partial charge in [0.2, 0.25) is 0 Å². The highest BCUT2D eigenvalue weighted by Gasteiger charge is 2.64. The Balaban J connectivity index is 2.58. The van der Waals surface area contributed by atoms with Crippen molar-refractivity contribution in [1.29, 1.82) is 5.26 Å². The van der Waals surface area contributed by atoms with E-state index in [0.717, 1.165) is 18.4 Å². The van der Waals surface area contributed by atoms with Gasteiger partial charge in [-0.15, -0.1) is 0 Å². The maximum Gasteiger partial charge on any atom is 0.200 e. The van der Waals surface area contributed by atoms with E-state index in [1.165, 1.54) is 0 Å². The van der Waals surface area contributed by atoms with Gasteiger partial charge in [0.1, 0.15) is 5.41 Å². The Morgan fingerprint density at radius 1 is 1.28 bits per heavy atom. The lowest BCUT2D eigenvalue weighted by Gasteiger charge is -2.57. The molecule has 1 fully saturated rings. The van der Waals surface area contributed by atoms with Crippen molar-refractivity contribution in [1.82, 2.24) is 0 Å². The first-order chi connectivity index (χ1) is 11.2. The van der Waals surface area contributed by atoms with E-state index in [1.54, 1.807) is 7.11 Å². The first-order valence-electron chi connectivity index (χ1n) is 9.27. The predicted molar refractivity (Wildman–Crippen MR) is 103 cm³/mol. The van der Waals surface area contributed by atoms with Crippen LogP contribution in [0.3, 0.4) is 0 Å². The van der Waals surface area contributed by atoms with Crippen LogP contribution in [0.2, 0.25) is 18.1 Å². The molecule has 4 nitrogen and oxygen atoms in total. The van der Waals surface area contributed by atoms with Crippen molar-refractivity contribution >= 4 is 8.32 Å². The van der Waals surface area contributed by atoms with Gasteiger partial charge in [0.05, 0.1) is 17.8 Å². The predicted octanol–water partition coefficient (Wildman–Crippen LogP) is 5.17. The Morgan fingerprint density at radius 3 is 2.36 bits per heavy atom. The van der Waals surface area contributed by atoms with Crippen LogP contribution in [0.25, 0.3) is 0 Å². The van der Waals surface area contributed by atoms with Crippen LogP contribution in [0.1, 0.15) is 60.8 Å². The molecule has 0 aromatic rings. The molecule has 0 aromatic carbocycles. The molecule has 2 unspecified atom stereocenters. The minimum Gasteiger partial charge on any atom is -0.386 e. The van der Waals surface area contributed by atoms with Gasteiger partial charge in [-0.05, 0) is 64.2 Å². The average molecular weight is 366 g/mol. The molecule has 0 bridgehead atoms. The average Bonchev–Trinajstić information content (AvgIpc) is 2.44. The van der Waals surface area contributed by atoms with Crippen LogP contribution in [0.4, 0.5) is 0 Å². The molecule has 1 saturated heterocycles. The van der Waals surface area contributed by atoms with Crippen LogP contribution in [0.15, 0.2) is 11.6 Å². The standard InChI is InChI=1S/C20H35NO3Si/c1-15-12-16-19(14-21,11-10-18(5,6)23-16)20(13-15,22-7)24-25(8,9)17(2,3)4/h13,16H,10-12H2,1-9H3/t16?,19-,20?/m0/s1. The van der Waals surface area contributed by atoms with Gasteiger partial charge in [0.15, 0.2) is 14.1 Å². The summed E-state index contributed by atoms with van der Waals surface area (Å²) in [6.07, 6.45) is 4.12. The fraction of sp³-hybridized carbons (Fsp3) is 0.850. The molecule has 0 spiro atoms. The van der Waals surface area contributed by atoms with E-state index >= 15 is 0 Å². The zero-order valence-electron chi connectivity index (χ0n) is 17.4. The number of methoxy groups -OCH3 is 1. The lowest BCUT2D eigenvalue weighted by Crippen LogP contribution is -2.66. The summed E-state index contributed by atoms with van der Waals surface area (Å²) < 4.78 is 19.3. The number of hydrogen-bond acceptors (Lipinski definition) is 4. The SMILES string of the molecule is COC1(O[Si](C)(C)C(C)(C)C)C=C(C)CC2OC(C)(C)CC[C@]21C#N. The van der Waals surface area contributed by atoms with Crippen molar-refractivity contribution in [2.75, 3.05) is 7.11 Å². The molecule has 142 valence electrons. The maximum atomic E-state index is 10.3. The molecule has 1 heterocycles. The molecule has 1 aliphatic heterocycles. The van der Waals surface area contributed by atoms with Gasteiger partial charge in [-0.1, -0.05) is 26.3 Å². The second kappa shape index (κ2) is 6.19. The molecule has 2 rings (SSSR count). The summed E-state index contributed by atoms with van der Waals surface area (Å²) in [5, 5.41) is 10.3. The molecule has 3 atom stereocenters. The van der Waals surface area contributed by atoms with E-state index in [1.807, 2.05) is 0 Å². The summed E-state index contributed by atoms with van der Waals surface area (Å²) in [7, 11) is -0.502. The van der Waals surface area contributed by atoms with Crippen molar-refractivity contribution in [3.8, 4) is 6.07 Å². The second-order valence-corrected chi connectivity index (χ2v) is 14.6. The fourth-order valence-electron chi connectivity index (χ4n) is 3.76. The van der Waals surface area contributed by atoms with Crippen LogP contribution in [0, 0.1) is 16.7 Å². The van der Waals surface area contributed by atoms with Gasteiger partial charge in [-0.25, -0.2) is 0 Å². The third-order valence-corrected chi connectivity index (χ3v) is 10.8. The second-order valence-electron chi connectivity index (χ2n) is 9.88. The van der Waals surface area contributed by atoms with Gasteiger partial charge in [-0.2, -0.15) is 5.26 Å². The van der Waals surface area contributed by atoms with E-state index in [-0.39, 0.29) is 16.7 Å². The van der Waals surface area contributed by atoms with Crippen molar-refractivity contribution in [3.05, 3.63) is 11.6 Å². The number of fused-ring (bicyclic) bond motifs is 1. The number of nitrogens with zero attached hydrogens (tertiary/aromatic N) is 1. The van der Waals surface area contributed by atoms with Crippen molar-refractivity contribution < 1.29 is 13.9 Å². The Morgan fingerprint density at radius 2 is 1.88 bits per heavy atom. The van der Waals surface area contributed by atoms with Gasteiger partial charge < -0.3 is 13.9 Å². The maximum absolute atomic E-state index is 10.3. The highest BCUT2D eigenvalue weighted by atomic mass is 28.4. The van der Waals surface area contributed by atoms with Gasteiger partial charge in [0.25, 0.3) is 0 Å². The number of nitriles is 1. The summed E-state index contributed by atoms with van der Waals surface area (Å²) in [6.45, 7) is 17.3. The number of rotatable bonds is 3. The molecule has 2 aliphatic rings. The summed E-state index contributed by atoms with van der Waals surface area (Å²) in [5.74, 6) is -1.05. The molecular formula is C20H35NO3Si. The molecule has 0 N–H and O–H groups in total. The highest BCUT2D eigenvalue weighted by molar-refractivity contribution is 6.74. The summed E-state index contributed by atoms with van der Waals surface area (Å²) in [4.78, 5) is 0. The van der Waals surface area contributed by atoms with E-state index in [2.05, 4.69) is 66.8 Å². The largest absolute Gasteiger partial charge is 0.386 e. The molecule has 0 aromatic heterocycles. The van der Waals surface area contributed by atoms with Crippen LogP contribution < -0.4 is 0 Å². The van der Waals surface area contributed by atoms with Crippen molar-refractivity contribution in [2.24, 2.45) is 5.41 Å². The molecule has 0 amide bonds. The molecular weight excluding hydrogens is 330 g/mol. The summed E-state index contributed by atoms with van der Waals surface area (Å²) >= 11 is 0. The zero-order valence-corrected chi connectivity index (χ0v) is 18.4. The quantitative estimate of drug-likeness (QED) is 0.393. The third kappa shape index (κ3) is 3.34. The normalized spacial score (nSPS) is 35.5. The minimum atomic E-state index is -2.17. The fourth-order valence-corrected chi connectivity index (χ4v) is 5.15. The van der Waals surface area contributed by atoms with Crippen LogP contribution in [-0.2, 0) is 13.9 Å². The van der Waals surface area contributed by atoms with E-state index < -0.39 is 19.5 Å². The van der Waals surface area contributed by atoms with Crippen molar-refractivity contribution in [2.45, 2.75) is 96.4 Å². The first-order valence-corrected chi connectivity index (χ1v) is 12.2. The Hall–Kier alpha value is -0.673. The smallest absolute Gasteiger partial charge is 0.200 e. The topological polar surface area (TPSA) is 51.5 Å². The number of ether oxygens (including phenoxy) is 2. The minimum absolute atomic E-state index is 0.0264. The van der Waals surface area contributed by atoms with Gasteiger partial charge >= 0.3 is 0 Å². The lowest BCUT2D eigenvalue weighted by atomic mass is 9.63. The van der Waals surface area contributed by atoms with Crippen LogP contribution in [-0.4, -0.2) is 32.9 Å². The Bertz CT molecular complexity index is 599. The molecule has 0 radical (unpaired) electrons. The first kappa shape index (κ1) is 20.6. The highest BCUT2D eigenvalue weighted by Crippen LogP contribution is 2.56. The van der Waals surface area contributed by atoms with E-state index in [9.17, 15) is 5.26 Å². The Labute approximate surface area is 154 Å².